The zero-order valence-corrected chi connectivity index (χ0v) is 13.5. The number of hydrogen-bond acceptors (Lipinski definition) is 3. The molecular formula is C18H24N2O3. The third-order valence-electron chi connectivity index (χ3n) is 5.12. The summed E-state index contributed by atoms with van der Waals surface area (Å²) in [5, 5.41) is 3.04. The third kappa shape index (κ3) is 3.08. The van der Waals surface area contributed by atoms with Gasteiger partial charge in [0.2, 0.25) is 0 Å². The lowest BCUT2D eigenvalue weighted by Crippen LogP contribution is -2.53. The summed E-state index contributed by atoms with van der Waals surface area (Å²) in [6, 6.07) is 6.55. The van der Waals surface area contributed by atoms with Crippen LogP contribution in [0.3, 0.4) is 0 Å². The van der Waals surface area contributed by atoms with E-state index in [1.54, 1.807) is 0 Å². The molecule has 0 saturated carbocycles. The number of carbonyl (C=O) groups is 1. The van der Waals surface area contributed by atoms with Gasteiger partial charge in [-0.15, -0.1) is 0 Å². The molecule has 1 spiro atoms. The highest BCUT2D eigenvalue weighted by molar-refractivity contribution is 5.74. The van der Waals surface area contributed by atoms with E-state index in [1.165, 1.54) is 36.0 Å². The smallest absolute Gasteiger partial charge is 0.317 e. The fraction of sp³-hybridized carbons (Fsp3) is 0.611. The van der Waals surface area contributed by atoms with Crippen LogP contribution in [0.5, 0.6) is 0 Å². The standard InChI is InChI=1S/C18H24N2O3/c21-17(20-8-2-7-18(13-20)22-9-10-23-18)19-12-14-5-6-15-3-1-4-16(15)11-14/h5-6,11H,1-4,7-10,12-13H2,(H,19,21). The summed E-state index contributed by atoms with van der Waals surface area (Å²) in [5.74, 6) is -0.552. The number of nitrogens with zero attached hydrogens (tertiary/aromatic N) is 1. The molecule has 3 aliphatic rings. The molecule has 2 saturated heterocycles. The Labute approximate surface area is 136 Å². The molecule has 2 amide bonds. The van der Waals surface area contributed by atoms with Crippen LogP contribution in [0.2, 0.25) is 0 Å². The molecule has 5 heteroatoms. The summed E-state index contributed by atoms with van der Waals surface area (Å²) < 4.78 is 11.5. The normalized spacial score (nSPS) is 22.3. The van der Waals surface area contributed by atoms with E-state index in [2.05, 4.69) is 23.5 Å². The maximum absolute atomic E-state index is 12.4. The SMILES string of the molecule is O=C(NCc1ccc2c(c1)CCC2)N1CCCC2(C1)OCCO2. The monoisotopic (exact) mass is 316 g/mol. The van der Waals surface area contributed by atoms with Gasteiger partial charge in [-0.05, 0) is 42.4 Å². The number of urea groups is 1. The average molecular weight is 316 g/mol. The van der Waals surface area contributed by atoms with E-state index in [0.29, 0.717) is 26.3 Å². The fourth-order valence-electron chi connectivity index (χ4n) is 3.92. The molecule has 1 aromatic carbocycles. The lowest BCUT2D eigenvalue weighted by Gasteiger charge is -2.38. The highest BCUT2D eigenvalue weighted by Crippen LogP contribution is 2.30. The van der Waals surface area contributed by atoms with Gasteiger partial charge in [0.25, 0.3) is 0 Å². The topological polar surface area (TPSA) is 50.8 Å². The van der Waals surface area contributed by atoms with Crippen LogP contribution in [0, 0.1) is 0 Å². The molecule has 1 aliphatic carbocycles. The first-order chi connectivity index (χ1) is 11.2. The van der Waals surface area contributed by atoms with E-state index in [0.717, 1.165) is 19.4 Å². The molecule has 2 aliphatic heterocycles. The van der Waals surface area contributed by atoms with E-state index < -0.39 is 5.79 Å². The van der Waals surface area contributed by atoms with Crippen molar-refractivity contribution in [2.45, 2.75) is 44.4 Å². The van der Waals surface area contributed by atoms with E-state index in [4.69, 9.17) is 9.47 Å². The van der Waals surface area contributed by atoms with Gasteiger partial charge in [0.05, 0.1) is 19.8 Å². The van der Waals surface area contributed by atoms with Gasteiger partial charge in [-0.2, -0.15) is 0 Å². The number of aryl methyl sites for hydroxylation is 2. The highest BCUT2D eigenvalue weighted by atomic mass is 16.7. The first-order valence-corrected chi connectivity index (χ1v) is 8.66. The van der Waals surface area contributed by atoms with Crippen molar-refractivity contribution >= 4 is 6.03 Å². The number of amides is 2. The summed E-state index contributed by atoms with van der Waals surface area (Å²) in [6.45, 7) is 3.14. The van der Waals surface area contributed by atoms with Crippen LogP contribution in [0.4, 0.5) is 4.79 Å². The zero-order chi connectivity index (χ0) is 15.7. The Morgan fingerprint density at radius 2 is 2.00 bits per heavy atom. The van der Waals surface area contributed by atoms with E-state index in [1.807, 2.05) is 4.90 Å². The molecule has 0 radical (unpaired) electrons. The number of ether oxygens (including phenoxy) is 2. The second kappa shape index (κ2) is 6.13. The molecule has 0 unspecified atom stereocenters. The Hall–Kier alpha value is -1.59. The molecule has 4 rings (SSSR count). The van der Waals surface area contributed by atoms with Gasteiger partial charge in [0, 0.05) is 19.5 Å². The molecule has 0 aromatic heterocycles. The highest BCUT2D eigenvalue weighted by Gasteiger charge is 2.42. The van der Waals surface area contributed by atoms with Crippen LogP contribution in [0.1, 0.15) is 36.0 Å². The quantitative estimate of drug-likeness (QED) is 0.910. The number of benzene rings is 1. The summed E-state index contributed by atoms with van der Waals surface area (Å²) in [4.78, 5) is 14.3. The largest absolute Gasteiger partial charge is 0.346 e. The molecule has 0 bridgehead atoms. The van der Waals surface area contributed by atoms with Crippen LogP contribution in [0.25, 0.3) is 0 Å². The summed E-state index contributed by atoms with van der Waals surface area (Å²) in [7, 11) is 0. The summed E-state index contributed by atoms with van der Waals surface area (Å²) in [6.07, 6.45) is 5.41. The van der Waals surface area contributed by atoms with Crippen LogP contribution < -0.4 is 5.32 Å². The average Bonchev–Trinajstić information content (AvgIpc) is 3.21. The number of rotatable bonds is 2. The van der Waals surface area contributed by atoms with Gasteiger partial charge in [-0.25, -0.2) is 4.79 Å². The van der Waals surface area contributed by atoms with Crippen molar-refractivity contribution in [3.05, 3.63) is 34.9 Å². The van der Waals surface area contributed by atoms with E-state index in [-0.39, 0.29) is 6.03 Å². The second-order valence-corrected chi connectivity index (χ2v) is 6.75. The fourth-order valence-corrected chi connectivity index (χ4v) is 3.92. The van der Waals surface area contributed by atoms with Gasteiger partial charge in [-0.3, -0.25) is 0 Å². The molecule has 124 valence electrons. The maximum Gasteiger partial charge on any atom is 0.317 e. The van der Waals surface area contributed by atoms with Gasteiger partial charge < -0.3 is 19.7 Å². The number of likely N-dealkylation sites (tertiary alicyclic amines) is 1. The van der Waals surface area contributed by atoms with Crippen LogP contribution in [-0.2, 0) is 28.9 Å². The minimum absolute atomic E-state index is 0.0244. The molecule has 23 heavy (non-hydrogen) atoms. The van der Waals surface area contributed by atoms with Crippen LogP contribution in [0.15, 0.2) is 18.2 Å². The molecule has 5 nitrogen and oxygen atoms in total. The lowest BCUT2D eigenvalue weighted by molar-refractivity contribution is -0.182. The minimum atomic E-state index is -0.552. The first kappa shape index (κ1) is 15.0. The second-order valence-electron chi connectivity index (χ2n) is 6.75. The summed E-state index contributed by atoms with van der Waals surface area (Å²) in [5.41, 5.74) is 4.09. The van der Waals surface area contributed by atoms with E-state index in [9.17, 15) is 4.79 Å². The van der Waals surface area contributed by atoms with E-state index >= 15 is 0 Å². The van der Waals surface area contributed by atoms with Gasteiger partial charge in [0.15, 0.2) is 5.79 Å². The molecular weight excluding hydrogens is 292 g/mol. The van der Waals surface area contributed by atoms with Crippen molar-refractivity contribution in [1.29, 1.82) is 0 Å². The Kier molecular flexibility index (Phi) is 3.99. The predicted octanol–water partition coefficient (Wildman–Crippen LogP) is 2.22. The van der Waals surface area contributed by atoms with Crippen LogP contribution >= 0.6 is 0 Å². The third-order valence-corrected chi connectivity index (χ3v) is 5.12. The molecule has 2 heterocycles. The summed E-state index contributed by atoms with van der Waals surface area (Å²) >= 11 is 0. The number of nitrogens with one attached hydrogen (secondary N) is 1. The Morgan fingerprint density at radius 3 is 2.87 bits per heavy atom. The van der Waals surface area contributed by atoms with Crippen molar-refractivity contribution in [2.75, 3.05) is 26.3 Å². The maximum atomic E-state index is 12.4. The molecule has 1 aromatic rings. The molecule has 0 atom stereocenters. The lowest BCUT2D eigenvalue weighted by atomic mass is 10.0. The zero-order valence-electron chi connectivity index (χ0n) is 13.5. The molecule has 1 N–H and O–H groups in total. The molecule has 2 fully saturated rings. The van der Waals surface area contributed by atoms with Crippen molar-refractivity contribution in [3.8, 4) is 0 Å². The van der Waals surface area contributed by atoms with Crippen molar-refractivity contribution < 1.29 is 14.3 Å². The van der Waals surface area contributed by atoms with Crippen molar-refractivity contribution in [2.24, 2.45) is 0 Å². The predicted molar refractivity (Wildman–Crippen MR) is 86.1 cm³/mol. The first-order valence-electron chi connectivity index (χ1n) is 8.66. The number of fused-ring (bicyclic) bond motifs is 1. The number of hydrogen-bond donors (Lipinski definition) is 1. The Bertz CT molecular complexity index is 596. The van der Waals surface area contributed by atoms with Gasteiger partial charge in [-0.1, -0.05) is 18.2 Å². The van der Waals surface area contributed by atoms with Crippen molar-refractivity contribution in [1.82, 2.24) is 10.2 Å². The Morgan fingerprint density at radius 1 is 1.17 bits per heavy atom. The Balaban J connectivity index is 1.34. The number of piperidine rings is 1. The minimum Gasteiger partial charge on any atom is -0.346 e. The van der Waals surface area contributed by atoms with Crippen molar-refractivity contribution in [3.63, 3.8) is 0 Å². The number of carbonyl (C=O) groups excluding carboxylic acids is 1. The van der Waals surface area contributed by atoms with Gasteiger partial charge in [0.1, 0.15) is 0 Å². The van der Waals surface area contributed by atoms with Gasteiger partial charge >= 0.3 is 6.03 Å². The van der Waals surface area contributed by atoms with Crippen LogP contribution in [-0.4, -0.2) is 43.0 Å².